The van der Waals surface area contributed by atoms with Crippen molar-refractivity contribution in [2.24, 2.45) is 4.99 Å². The number of carboxylic acid groups (broad SMARTS) is 1. The summed E-state index contributed by atoms with van der Waals surface area (Å²) in [6.45, 7) is 0. The number of fused-ring (bicyclic) bond motifs is 1. The van der Waals surface area contributed by atoms with Gasteiger partial charge in [-0.2, -0.15) is 10.2 Å². The molecule has 1 aliphatic heterocycles. The molecule has 1 aromatic heterocycles. The van der Waals surface area contributed by atoms with Crippen LogP contribution >= 0.6 is 0 Å². The molecule has 0 unspecified atom stereocenters. The molecule has 110 valence electrons. The van der Waals surface area contributed by atoms with Gasteiger partial charge in [-0.15, -0.1) is 0 Å². The summed E-state index contributed by atoms with van der Waals surface area (Å²) in [7, 11) is 1.61. The standard InChI is InChI=1S/C15H12N4O3/c1-19-13-6-9(15(21)22)2-3-11(13)18-12(7-14(19)20)10-4-5-16-17-8-10/h2-6,8H,7H2,1H3,(H,21,22). The van der Waals surface area contributed by atoms with Crippen LogP contribution in [0.2, 0.25) is 0 Å². The van der Waals surface area contributed by atoms with Crippen molar-refractivity contribution in [3.05, 3.63) is 47.8 Å². The zero-order valence-electron chi connectivity index (χ0n) is 11.7. The van der Waals surface area contributed by atoms with Gasteiger partial charge < -0.3 is 10.0 Å². The molecule has 1 N–H and O–H groups in total. The molecular formula is C15H12N4O3. The van der Waals surface area contributed by atoms with Gasteiger partial charge in [0.15, 0.2) is 0 Å². The van der Waals surface area contributed by atoms with Crippen molar-refractivity contribution in [2.45, 2.75) is 6.42 Å². The Morgan fingerprint density at radius 2 is 2.09 bits per heavy atom. The zero-order chi connectivity index (χ0) is 15.7. The first-order valence-corrected chi connectivity index (χ1v) is 6.55. The molecule has 0 bridgehead atoms. The smallest absolute Gasteiger partial charge is 0.335 e. The molecule has 22 heavy (non-hydrogen) atoms. The van der Waals surface area contributed by atoms with Crippen molar-refractivity contribution < 1.29 is 14.7 Å². The number of anilines is 1. The van der Waals surface area contributed by atoms with Gasteiger partial charge in [-0.25, -0.2) is 4.79 Å². The number of rotatable bonds is 2. The van der Waals surface area contributed by atoms with E-state index in [0.29, 0.717) is 22.6 Å². The maximum absolute atomic E-state index is 12.3. The highest BCUT2D eigenvalue weighted by Crippen LogP contribution is 2.33. The molecular weight excluding hydrogens is 284 g/mol. The Labute approximate surface area is 125 Å². The molecule has 0 radical (unpaired) electrons. The Morgan fingerprint density at radius 3 is 2.77 bits per heavy atom. The molecule has 1 aromatic carbocycles. The molecule has 0 spiro atoms. The number of hydrogen-bond donors (Lipinski definition) is 1. The van der Waals surface area contributed by atoms with E-state index in [-0.39, 0.29) is 17.9 Å². The average Bonchev–Trinajstić information content (AvgIpc) is 2.65. The van der Waals surface area contributed by atoms with E-state index in [1.54, 1.807) is 25.4 Å². The lowest BCUT2D eigenvalue weighted by molar-refractivity contribution is -0.117. The fraction of sp³-hybridized carbons (Fsp3) is 0.133. The summed E-state index contributed by atoms with van der Waals surface area (Å²) in [5.41, 5.74) is 2.43. The van der Waals surface area contributed by atoms with Crippen LogP contribution in [0.3, 0.4) is 0 Å². The largest absolute Gasteiger partial charge is 0.478 e. The van der Waals surface area contributed by atoms with E-state index in [9.17, 15) is 9.59 Å². The highest BCUT2D eigenvalue weighted by atomic mass is 16.4. The predicted octanol–water partition coefficient (Wildman–Crippen LogP) is 1.66. The Kier molecular flexibility index (Phi) is 3.38. The summed E-state index contributed by atoms with van der Waals surface area (Å²) in [6.07, 6.45) is 3.19. The van der Waals surface area contributed by atoms with Gasteiger partial charge in [-0.3, -0.25) is 9.79 Å². The number of carbonyl (C=O) groups excluding carboxylic acids is 1. The van der Waals surface area contributed by atoms with Gasteiger partial charge >= 0.3 is 5.97 Å². The second-order valence-corrected chi connectivity index (χ2v) is 4.83. The van der Waals surface area contributed by atoms with Crippen molar-refractivity contribution in [1.82, 2.24) is 10.2 Å². The summed E-state index contributed by atoms with van der Waals surface area (Å²) in [5, 5.41) is 16.6. The summed E-state index contributed by atoms with van der Waals surface area (Å²) >= 11 is 0. The van der Waals surface area contributed by atoms with Gasteiger partial charge in [0.25, 0.3) is 0 Å². The van der Waals surface area contributed by atoms with Crippen LogP contribution in [0.15, 0.2) is 41.7 Å². The maximum atomic E-state index is 12.3. The van der Waals surface area contributed by atoms with E-state index < -0.39 is 5.97 Å². The number of aliphatic imine (C=N–C) groups is 1. The van der Waals surface area contributed by atoms with Gasteiger partial charge in [-0.1, -0.05) is 0 Å². The number of nitrogens with zero attached hydrogens (tertiary/aromatic N) is 4. The van der Waals surface area contributed by atoms with Crippen LogP contribution in [-0.4, -0.2) is 39.9 Å². The van der Waals surface area contributed by atoms with Crippen LogP contribution in [-0.2, 0) is 4.79 Å². The number of carboxylic acids is 1. The molecule has 3 rings (SSSR count). The van der Waals surface area contributed by atoms with E-state index >= 15 is 0 Å². The van der Waals surface area contributed by atoms with E-state index in [4.69, 9.17) is 5.11 Å². The molecule has 0 fully saturated rings. The second kappa shape index (κ2) is 5.36. The lowest BCUT2D eigenvalue weighted by Gasteiger charge is -2.16. The average molecular weight is 296 g/mol. The Balaban J connectivity index is 2.14. The highest BCUT2D eigenvalue weighted by Gasteiger charge is 2.23. The van der Waals surface area contributed by atoms with E-state index in [2.05, 4.69) is 15.2 Å². The van der Waals surface area contributed by atoms with Crippen LogP contribution in [0, 0.1) is 0 Å². The lowest BCUT2D eigenvalue weighted by atomic mass is 10.1. The Morgan fingerprint density at radius 1 is 1.27 bits per heavy atom. The molecule has 0 atom stereocenters. The van der Waals surface area contributed by atoms with Crippen LogP contribution in [0.4, 0.5) is 11.4 Å². The van der Waals surface area contributed by atoms with Gasteiger partial charge in [0.1, 0.15) is 0 Å². The number of hydrogen-bond acceptors (Lipinski definition) is 5. The summed E-state index contributed by atoms with van der Waals surface area (Å²) in [5.74, 6) is -1.22. The van der Waals surface area contributed by atoms with E-state index in [1.165, 1.54) is 23.2 Å². The van der Waals surface area contributed by atoms with Crippen LogP contribution in [0.1, 0.15) is 22.3 Å². The minimum Gasteiger partial charge on any atom is -0.478 e. The van der Waals surface area contributed by atoms with Crippen LogP contribution < -0.4 is 4.90 Å². The molecule has 0 aliphatic carbocycles. The van der Waals surface area contributed by atoms with Crippen molar-refractivity contribution >= 4 is 29.0 Å². The fourth-order valence-corrected chi connectivity index (χ4v) is 2.23. The lowest BCUT2D eigenvalue weighted by Crippen LogP contribution is -2.27. The monoisotopic (exact) mass is 296 g/mol. The summed E-state index contributed by atoms with van der Waals surface area (Å²) in [4.78, 5) is 29.3. The van der Waals surface area contributed by atoms with Gasteiger partial charge in [0.05, 0.1) is 41.5 Å². The summed E-state index contributed by atoms with van der Waals surface area (Å²) < 4.78 is 0. The quantitative estimate of drug-likeness (QED) is 0.909. The predicted molar refractivity (Wildman–Crippen MR) is 79.7 cm³/mol. The van der Waals surface area contributed by atoms with Gasteiger partial charge in [0, 0.05) is 12.6 Å². The molecule has 7 nitrogen and oxygen atoms in total. The third kappa shape index (κ3) is 2.44. The number of amides is 1. The molecule has 2 heterocycles. The zero-order valence-corrected chi connectivity index (χ0v) is 11.7. The highest BCUT2D eigenvalue weighted by molar-refractivity contribution is 6.17. The molecule has 2 aromatic rings. The van der Waals surface area contributed by atoms with Crippen LogP contribution in [0.25, 0.3) is 0 Å². The first kappa shape index (κ1) is 13.9. The first-order valence-electron chi connectivity index (χ1n) is 6.55. The van der Waals surface area contributed by atoms with E-state index in [1.807, 2.05) is 0 Å². The van der Waals surface area contributed by atoms with Crippen molar-refractivity contribution in [3.8, 4) is 0 Å². The van der Waals surface area contributed by atoms with Crippen molar-refractivity contribution in [1.29, 1.82) is 0 Å². The minimum atomic E-state index is -1.05. The number of aromatic carboxylic acids is 1. The molecule has 0 saturated carbocycles. The maximum Gasteiger partial charge on any atom is 0.335 e. The molecule has 7 heteroatoms. The fourth-order valence-electron chi connectivity index (χ4n) is 2.23. The second-order valence-electron chi connectivity index (χ2n) is 4.83. The van der Waals surface area contributed by atoms with E-state index in [0.717, 1.165) is 0 Å². The third-order valence-electron chi connectivity index (χ3n) is 3.45. The number of carbonyl (C=O) groups is 2. The molecule has 1 aliphatic rings. The Bertz CT molecular complexity index is 787. The van der Waals surface area contributed by atoms with Crippen LogP contribution in [0.5, 0.6) is 0 Å². The normalized spacial score (nSPS) is 14.1. The number of aromatic nitrogens is 2. The summed E-state index contributed by atoms with van der Waals surface area (Å²) in [6, 6.07) is 6.25. The minimum absolute atomic E-state index is 0.110. The first-order chi connectivity index (χ1) is 10.6. The topological polar surface area (TPSA) is 95.8 Å². The third-order valence-corrected chi connectivity index (χ3v) is 3.45. The Hall–Kier alpha value is -3.09. The van der Waals surface area contributed by atoms with Crippen molar-refractivity contribution in [3.63, 3.8) is 0 Å². The van der Waals surface area contributed by atoms with Crippen molar-refractivity contribution in [2.75, 3.05) is 11.9 Å². The van der Waals surface area contributed by atoms with Gasteiger partial charge in [0.2, 0.25) is 5.91 Å². The SMILES string of the molecule is CN1C(=O)CC(c2ccnnc2)=Nc2ccc(C(=O)O)cc21. The molecule has 1 amide bonds. The number of benzene rings is 1. The van der Waals surface area contributed by atoms with Gasteiger partial charge in [-0.05, 0) is 24.3 Å². The molecule has 0 saturated heterocycles.